The van der Waals surface area contributed by atoms with Gasteiger partial charge in [-0.05, 0) is 60.0 Å². The highest BCUT2D eigenvalue weighted by Crippen LogP contribution is 2.21. The summed E-state index contributed by atoms with van der Waals surface area (Å²) in [6, 6.07) is 24.9. The van der Waals surface area contributed by atoms with Crippen molar-refractivity contribution >= 4 is 22.6 Å². The second kappa shape index (κ2) is 15.5. The SMILES string of the molecule is Cc1cc2nc(CNCc3ccc(CN(CCNCc4ccccn4)CCNCc4ccccn4)cc3)[nH]c2cc1Cl. The van der Waals surface area contributed by atoms with Crippen molar-refractivity contribution in [1.82, 2.24) is 40.8 Å². The Morgan fingerprint density at radius 1 is 0.738 bits per heavy atom. The molecule has 5 rings (SSSR count). The number of H-pyrrole nitrogens is 1. The lowest BCUT2D eigenvalue weighted by Crippen LogP contribution is -2.36. The fourth-order valence-electron chi connectivity index (χ4n) is 4.80. The minimum Gasteiger partial charge on any atom is -0.341 e. The van der Waals surface area contributed by atoms with E-state index in [0.29, 0.717) is 6.54 Å². The number of nitrogens with zero attached hydrogens (tertiary/aromatic N) is 4. The summed E-state index contributed by atoms with van der Waals surface area (Å²) >= 11 is 6.26. The van der Waals surface area contributed by atoms with E-state index in [-0.39, 0.29) is 0 Å². The Kier molecular flexibility index (Phi) is 11.0. The summed E-state index contributed by atoms with van der Waals surface area (Å²) in [6.07, 6.45) is 3.68. The summed E-state index contributed by atoms with van der Waals surface area (Å²) in [5.41, 5.74) is 7.62. The van der Waals surface area contributed by atoms with Crippen molar-refractivity contribution in [2.45, 2.75) is 39.6 Å². The molecule has 0 unspecified atom stereocenters. The number of aromatic nitrogens is 4. The second-order valence-electron chi connectivity index (χ2n) is 10.5. The number of rotatable bonds is 16. The molecule has 4 N–H and O–H groups in total. The summed E-state index contributed by atoms with van der Waals surface area (Å²) in [5, 5.41) is 11.3. The Labute approximate surface area is 253 Å². The van der Waals surface area contributed by atoms with Crippen molar-refractivity contribution in [3.63, 3.8) is 0 Å². The molecule has 42 heavy (non-hydrogen) atoms. The van der Waals surface area contributed by atoms with Crippen LogP contribution >= 0.6 is 11.6 Å². The van der Waals surface area contributed by atoms with Gasteiger partial charge in [-0.3, -0.25) is 14.9 Å². The predicted octanol–water partition coefficient (Wildman–Crippen LogP) is 4.99. The van der Waals surface area contributed by atoms with Gasteiger partial charge < -0.3 is 20.9 Å². The maximum Gasteiger partial charge on any atom is 0.121 e. The summed E-state index contributed by atoms with van der Waals surface area (Å²) < 4.78 is 0. The normalized spacial score (nSPS) is 11.5. The van der Waals surface area contributed by atoms with Gasteiger partial charge in [-0.1, -0.05) is 48.0 Å². The number of pyridine rings is 2. The van der Waals surface area contributed by atoms with Crippen molar-refractivity contribution < 1.29 is 0 Å². The van der Waals surface area contributed by atoms with Crippen LogP contribution in [0.5, 0.6) is 0 Å². The van der Waals surface area contributed by atoms with Gasteiger partial charge in [0.1, 0.15) is 5.82 Å². The smallest absolute Gasteiger partial charge is 0.121 e. The number of aryl methyl sites for hydroxylation is 1. The molecule has 0 saturated carbocycles. The largest absolute Gasteiger partial charge is 0.341 e. The fourth-order valence-corrected chi connectivity index (χ4v) is 4.96. The number of halogens is 1. The van der Waals surface area contributed by atoms with Crippen LogP contribution in [0.2, 0.25) is 5.02 Å². The molecule has 3 aromatic heterocycles. The number of hydrogen-bond donors (Lipinski definition) is 4. The zero-order valence-corrected chi connectivity index (χ0v) is 24.9. The molecule has 0 aliphatic heterocycles. The van der Waals surface area contributed by atoms with Gasteiger partial charge >= 0.3 is 0 Å². The molecule has 0 saturated heterocycles. The molecule has 0 aliphatic rings. The monoisotopic (exact) mass is 582 g/mol. The Balaban J connectivity index is 1.09. The molecule has 0 atom stereocenters. The molecule has 2 aromatic carbocycles. The van der Waals surface area contributed by atoms with E-state index in [0.717, 1.165) is 91.2 Å². The molecule has 218 valence electrons. The fraction of sp³-hybridized carbons (Fsp3) is 0.303. The van der Waals surface area contributed by atoms with Crippen LogP contribution in [-0.2, 0) is 32.7 Å². The lowest BCUT2D eigenvalue weighted by Gasteiger charge is -2.23. The van der Waals surface area contributed by atoms with Crippen LogP contribution in [0.25, 0.3) is 11.0 Å². The third-order valence-electron chi connectivity index (χ3n) is 7.14. The third-order valence-corrected chi connectivity index (χ3v) is 7.54. The number of aromatic amines is 1. The van der Waals surface area contributed by atoms with Crippen LogP contribution in [0.15, 0.2) is 85.2 Å². The maximum absolute atomic E-state index is 6.26. The standard InChI is InChI=1S/C33H39ClN8/c1-25-18-31-32(19-30(25)34)41-33(40-31)23-37-20-26-8-10-27(11-9-26)24-42(16-14-35-21-28-6-2-4-12-38-28)17-15-36-22-29-7-3-5-13-39-29/h2-13,18-19,35-37H,14-17,20-24H2,1H3,(H,40,41). The Hall–Kier alpha value is -3.66. The van der Waals surface area contributed by atoms with Crippen LogP contribution in [0, 0.1) is 6.92 Å². The van der Waals surface area contributed by atoms with Crippen molar-refractivity contribution in [3.8, 4) is 0 Å². The lowest BCUT2D eigenvalue weighted by molar-refractivity contribution is 0.263. The van der Waals surface area contributed by atoms with Gasteiger partial charge in [-0.15, -0.1) is 0 Å². The van der Waals surface area contributed by atoms with Crippen molar-refractivity contribution in [2.24, 2.45) is 0 Å². The lowest BCUT2D eigenvalue weighted by atomic mass is 10.1. The molecule has 9 heteroatoms. The average molecular weight is 583 g/mol. The van der Waals surface area contributed by atoms with E-state index in [1.807, 2.05) is 55.7 Å². The topological polar surface area (TPSA) is 93.8 Å². The van der Waals surface area contributed by atoms with Crippen molar-refractivity contribution in [2.75, 3.05) is 26.2 Å². The molecular formula is C33H39ClN8. The number of imidazole rings is 1. The van der Waals surface area contributed by atoms with Crippen LogP contribution in [0.3, 0.4) is 0 Å². The number of benzene rings is 2. The zero-order chi connectivity index (χ0) is 29.0. The van der Waals surface area contributed by atoms with Gasteiger partial charge in [0.05, 0.1) is 29.0 Å². The second-order valence-corrected chi connectivity index (χ2v) is 10.9. The van der Waals surface area contributed by atoms with Crippen molar-refractivity contribution in [1.29, 1.82) is 0 Å². The molecule has 0 bridgehead atoms. The summed E-state index contributed by atoms with van der Waals surface area (Å²) in [4.78, 5) is 19.4. The third kappa shape index (κ3) is 9.17. The van der Waals surface area contributed by atoms with Gasteiger partial charge in [0.15, 0.2) is 0 Å². The molecule has 0 spiro atoms. The van der Waals surface area contributed by atoms with Gasteiger partial charge in [0.25, 0.3) is 0 Å². The van der Waals surface area contributed by atoms with E-state index in [2.05, 4.69) is 77.2 Å². The van der Waals surface area contributed by atoms with Crippen molar-refractivity contribution in [3.05, 3.63) is 124 Å². The summed E-state index contributed by atoms with van der Waals surface area (Å²) in [6.45, 7) is 9.56. The number of hydrogen-bond acceptors (Lipinski definition) is 7. The highest BCUT2D eigenvalue weighted by atomic mass is 35.5. The highest BCUT2D eigenvalue weighted by Gasteiger charge is 2.08. The average Bonchev–Trinajstić information content (AvgIpc) is 3.40. The quantitative estimate of drug-likeness (QED) is 0.122. The molecule has 0 radical (unpaired) electrons. The highest BCUT2D eigenvalue weighted by molar-refractivity contribution is 6.32. The van der Waals surface area contributed by atoms with E-state index in [1.165, 1.54) is 11.1 Å². The molecule has 0 amide bonds. The van der Waals surface area contributed by atoms with E-state index in [4.69, 9.17) is 11.6 Å². The minimum absolute atomic E-state index is 0.665. The Bertz CT molecular complexity index is 1420. The maximum atomic E-state index is 6.26. The number of nitrogens with one attached hydrogen (secondary N) is 4. The first-order chi connectivity index (χ1) is 20.6. The number of fused-ring (bicyclic) bond motifs is 1. The Morgan fingerprint density at radius 2 is 1.38 bits per heavy atom. The molecular weight excluding hydrogens is 544 g/mol. The summed E-state index contributed by atoms with van der Waals surface area (Å²) in [7, 11) is 0. The predicted molar refractivity (Wildman–Crippen MR) is 170 cm³/mol. The van der Waals surface area contributed by atoms with Crippen LogP contribution in [0.1, 0.15) is 33.9 Å². The summed E-state index contributed by atoms with van der Waals surface area (Å²) in [5.74, 6) is 0.909. The van der Waals surface area contributed by atoms with Crippen LogP contribution in [-0.4, -0.2) is 51.0 Å². The van der Waals surface area contributed by atoms with Gasteiger partial charge in [0, 0.05) is 69.8 Å². The molecule has 8 nitrogen and oxygen atoms in total. The van der Waals surface area contributed by atoms with Gasteiger partial charge in [0.2, 0.25) is 0 Å². The molecule has 5 aromatic rings. The molecule has 0 aliphatic carbocycles. The zero-order valence-electron chi connectivity index (χ0n) is 24.1. The molecule has 3 heterocycles. The van der Waals surface area contributed by atoms with Gasteiger partial charge in [-0.2, -0.15) is 0 Å². The first-order valence-electron chi connectivity index (χ1n) is 14.5. The first-order valence-corrected chi connectivity index (χ1v) is 14.9. The van der Waals surface area contributed by atoms with E-state index < -0.39 is 0 Å². The van der Waals surface area contributed by atoms with E-state index in [9.17, 15) is 0 Å². The van der Waals surface area contributed by atoms with Crippen LogP contribution in [0.4, 0.5) is 0 Å². The van der Waals surface area contributed by atoms with E-state index in [1.54, 1.807) is 0 Å². The van der Waals surface area contributed by atoms with Gasteiger partial charge in [-0.25, -0.2) is 4.98 Å². The molecule has 0 fully saturated rings. The van der Waals surface area contributed by atoms with Crippen LogP contribution < -0.4 is 16.0 Å². The van der Waals surface area contributed by atoms with E-state index >= 15 is 0 Å². The first kappa shape index (κ1) is 29.8. The Morgan fingerprint density at radius 3 is 2.00 bits per heavy atom. The minimum atomic E-state index is 0.665.